The fraction of sp³-hybridized carbons (Fsp3) is 0.0435. The number of nitrogens with zero attached hydrogens (tertiary/aromatic N) is 1. The van der Waals surface area contributed by atoms with Gasteiger partial charge in [-0.3, -0.25) is 9.78 Å². The van der Waals surface area contributed by atoms with Crippen LogP contribution in [0.15, 0.2) is 72.9 Å². The van der Waals surface area contributed by atoms with Gasteiger partial charge in [0, 0.05) is 22.8 Å². The number of aromatic hydroxyl groups is 1. The molecule has 0 spiro atoms. The molecule has 0 unspecified atom stereocenters. The van der Waals surface area contributed by atoms with Gasteiger partial charge in [-0.2, -0.15) is 0 Å². The number of amides is 1. The van der Waals surface area contributed by atoms with Crippen molar-refractivity contribution in [3.8, 4) is 16.9 Å². The monoisotopic (exact) mass is 352 g/mol. The average molecular weight is 352 g/mol. The summed E-state index contributed by atoms with van der Waals surface area (Å²) in [6, 6.07) is 21.0. The van der Waals surface area contributed by atoms with E-state index in [0.717, 1.165) is 12.1 Å². The van der Waals surface area contributed by atoms with Crippen LogP contribution in [0.5, 0.6) is 5.75 Å². The maximum Gasteiger partial charge on any atom is 0.256 e. The molecule has 0 saturated heterocycles. The lowest BCUT2D eigenvalue weighted by atomic mass is 10.0. The molecule has 1 amide bonds. The number of nitrogens with one attached hydrogen (secondary N) is 1. The minimum absolute atomic E-state index is 0.0660. The van der Waals surface area contributed by atoms with Gasteiger partial charge in [0.15, 0.2) is 0 Å². The van der Waals surface area contributed by atoms with Gasteiger partial charge < -0.3 is 10.4 Å². The highest BCUT2D eigenvalue weighted by Crippen LogP contribution is 2.38. The molecule has 0 atom stereocenters. The van der Waals surface area contributed by atoms with Crippen molar-refractivity contribution in [2.75, 3.05) is 5.32 Å². The molecule has 2 N–H and O–H groups in total. The summed E-state index contributed by atoms with van der Waals surface area (Å²) in [7, 11) is 0. The van der Waals surface area contributed by atoms with Gasteiger partial charge in [-0.1, -0.05) is 36.4 Å². The predicted octanol–water partition coefficient (Wildman–Crippen LogP) is 4.76. The van der Waals surface area contributed by atoms with Crippen LogP contribution >= 0.6 is 0 Å². The highest BCUT2D eigenvalue weighted by molar-refractivity contribution is 6.13. The Morgan fingerprint density at radius 1 is 0.926 bits per heavy atom. The van der Waals surface area contributed by atoms with Crippen molar-refractivity contribution in [3.05, 3.63) is 89.6 Å². The van der Waals surface area contributed by atoms with Crippen LogP contribution in [0.1, 0.15) is 21.5 Å². The Bertz CT molecular complexity index is 1210. The Morgan fingerprint density at radius 2 is 1.78 bits per heavy atom. The summed E-state index contributed by atoms with van der Waals surface area (Å²) in [6.45, 7) is 0. The minimum Gasteiger partial charge on any atom is -0.506 e. The number of benzene rings is 3. The van der Waals surface area contributed by atoms with E-state index in [1.54, 1.807) is 24.4 Å². The van der Waals surface area contributed by atoms with E-state index in [1.807, 2.05) is 18.2 Å². The zero-order valence-corrected chi connectivity index (χ0v) is 14.4. The van der Waals surface area contributed by atoms with Crippen molar-refractivity contribution >= 4 is 22.5 Å². The number of hydrogen-bond acceptors (Lipinski definition) is 3. The van der Waals surface area contributed by atoms with Crippen molar-refractivity contribution in [1.82, 2.24) is 4.98 Å². The molecule has 0 aliphatic heterocycles. The van der Waals surface area contributed by atoms with Crippen LogP contribution in [0, 0.1) is 0 Å². The molecular formula is C23H16N2O2. The quantitative estimate of drug-likeness (QED) is 0.481. The Balaban J connectivity index is 1.51. The summed E-state index contributed by atoms with van der Waals surface area (Å²) in [4.78, 5) is 17.0. The zero-order valence-electron chi connectivity index (χ0n) is 14.4. The van der Waals surface area contributed by atoms with Gasteiger partial charge in [0.05, 0.1) is 0 Å². The van der Waals surface area contributed by atoms with E-state index in [1.165, 1.54) is 28.3 Å². The Morgan fingerprint density at radius 3 is 2.70 bits per heavy atom. The molecule has 0 saturated carbocycles. The first-order valence-electron chi connectivity index (χ1n) is 8.80. The van der Waals surface area contributed by atoms with E-state index in [9.17, 15) is 9.90 Å². The predicted molar refractivity (Wildman–Crippen MR) is 106 cm³/mol. The van der Waals surface area contributed by atoms with Crippen molar-refractivity contribution in [2.24, 2.45) is 0 Å². The second-order valence-electron chi connectivity index (χ2n) is 6.69. The summed E-state index contributed by atoms with van der Waals surface area (Å²) in [6.07, 6.45) is 2.52. The van der Waals surface area contributed by atoms with Crippen molar-refractivity contribution in [1.29, 1.82) is 0 Å². The Kier molecular flexibility index (Phi) is 3.44. The first kappa shape index (κ1) is 15.6. The molecule has 3 aromatic carbocycles. The summed E-state index contributed by atoms with van der Waals surface area (Å²) in [5.41, 5.74) is 6.63. The van der Waals surface area contributed by atoms with E-state index in [-0.39, 0.29) is 11.7 Å². The van der Waals surface area contributed by atoms with Crippen molar-refractivity contribution in [2.45, 2.75) is 6.42 Å². The number of phenolic OH excluding ortho intramolecular Hbond substituents is 1. The maximum atomic E-state index is 12.9. The molecular weight excluding hydrogens is 336 g/mol. The van der Waals surface area contributed by atoms with Crippen LogP contribution < -0.4 is 5.32 Å². The van der Waals surface area contributed by atoms with Gasteiger partial charge >= 0.3 is 0 Å². The molecule has 27 heavy (non-hydrogen) atoms. The third-order valence-electron chi connectivity index (χ3n) is 5.05. The number of carbonyl (C=O) groups is 1. The smallest absolute Gasteiger partial charge is 0.256 e. The molecule has 1 aromatic heterocycles. The number of pyridine rings is 1. The molecule has 0 bridgehead atoms. The molecule has 4 nitrogen and oxygen atoms in total. The lowest BCUT2D eigenvalue weighted by Crippen LogP contribution is -2.12. The Hall–Kier alpha value is -3.66. The van der Waals surface area contributed by atoms with E-state index < -0.39 is 0 Å². The van der Waals surface area contributed by atoms with Crippen LogP contribution in [-0.2, 0) is 6.42 Å². The highest BCUT2D eigenvalue weighted by Gasteiger charge is 2.19. The van der Waals surface area contributed by atoms with Gasteiger partial charge in [-0.15, -0.1) is 0 Å². The van der Waals surface area contributed by atoms with Crippen LogP contribution in [0.3, 0.4) is 0 Å². The molecule has 4 aromatic rings. The number of phenols is 1. The molecule has 1 aliphatic rings. The second-order valence-corrected chi connectivity index (χ2v) is 6.69. The standard InChI is InChI=1S/C23H16N2O2/c26-21-10-9-19(18-6-3-11-24-22(18)21)23(27)25-16-8-7-15-12-14-4-1-2-5-17(14)20(15)13-16/h1-11,13,26H,12H2,(H,25,27). The SMILES string of the molecule is O=C(Nc1ccc2c(c1)-c1ccccc1C2)c1ccc(O)c2ncccc12. The minimum atomic E-state index is -0.223. The molecule has 5 rings (SSSR count). The zero-order chi connectivity index (χ0) is 18.4. The molecule has 130 valence electrons. The normalized spacial score (nSPS) is 11.9. The van der Waals surface area contributed by atoms with Gasteiger partial charge in [-0.25, -0.2) is 0 Å². The fourth-order valence-electron chi connectivity index (χ4n) is 3.76. The third kappa shape index (κ3) is 2.54. The number of hydrogen-bond donors (Lipinski definition) is 2. The summed E-state index contributed by atoms with van der Waals surface area (Å²) >= 11 is 0. The van der Waals surface area contributed by atoms with Gasteiger partial charge in [0.25, 0.3) is 5.91 Å². The lowest BCUT2D eigenvalue weighted by Gasteiger charge is -2.10. The molecule has 0 radical (unpaired) electrons. The largest absolute Gasteiger partial charge is 0.506 e. The fourth-order valence-corrected chi connectivity index (χ4v) is 3.76. The van der Waals surface area contributed by atoms with Gasteiger partial charge in [0.2, 0.25) is 0 Å². The first-order valence-corrected chi connectivity index (χ1v) is 8.80. The topological polar surface area (TPSA) is 62.2 Å². The van der Waals surface area contributed by atoms with Crippen LogP contribution in [-0.4, -0.2) is 16.0 Å². The average Bonchev–Trinajstić information content (AvgIpc) is 3.06. The summed E-state index contributed by atoms with van der Waals surface area (Å²) in [5, 5.41) is 13.6. The van der Waals surface area contributed by atoms with Gasteiger partial charge in [0.1, 0.15) is 11.3 Å². The van der Waals surface area contributed by atoms with Crippen LogP contribution in [0.2, 0.25) is 0 Å². The van der Waals surface area contributed by atoms with E-state index in [4.69, 9.17) is 0 Å². The molecule has 1 aliphatic carbocycles. The number of anilines is 1. The van der Waals surface area contributed by atoms with Crippen LogP contribution in [0.25, 0.3) is 22.0 Å². The van der Waals surface area contributed by atoms with Crippen LogP contribution in [0.4, 0.5) is 5.69 Å². The van der Waals surface area contributed by atoms with E-state index >= 15 is 0 Å². The van der Waals surface area contributed by atoms with Crippen molar-refractivity contribution in [3.63, 3.8) is 0 Å². The first-order chi connectivity index (χ1) is 13.2. The number of aromatic nitrogens is 1. The Labute approximate surface area is 156 Å². The van der Waals surface area contributed by atoms with E-state index in [2.05, 4.69) is 34.6 Å². The second kappa shape index (κ2) is 5.95. The molecule has 4 heteroatoms. The summed E-state index contributed by atoms with van der Waals surface area (Å²) < 4.78 is 0. The summed E-state index contributed by atoms with van der Waals surface area (Å²) in [5.74, 6) is -0.157. The lowest BCUT2D eigenvalue weighted by molar-refractivity contribution is 0.102. The molecule has 1 heterocycles. The van der Waals surface area contributed by atoms with Crippen molar-refractivity contribution < 1.29 is 9.90 Å². The van der Waals surface area contributed by atoms with Gasteiger partial charge in [-0.05, 0) is 59.0 Å². The number of fused-ring (bicyclic) bond motifs is 4. The number of carbonyl (C=O) groups excluding carboxylic acids is 1. The number of rotatable bonds is 2. The maximum absolute atomic E-state index is 12.9. The molecule has 0 fully saturated rings. The van der Waals surface area contributed by atoms with E-state index in [0.29, 0.717) is 16.5 Å². The highest BCUT2D eigenvalue weighted by atomic mass is 16.3. The third-order valence-corrected chi connectivity index (χ3v) is 5.05.